The van der Waals surface area contributed by atoms with Gasteiger partial charge in [-0.25, -0.2) is 0 Å². The average Bonchev–Trinajstić information content (AvgIpc) is 3.43. The molecule has 0 bridgehead atoms. The Labute approximate surface area is 251 Å². The summed E-state index contributed by atoms with van der Waals surface area (Å²) >= 11 is 1.68. The van der Waals surface area contributed by atoms with Crippen LogP contribution in [0.4, 0.5) is 0 Å². The standard InChI is InChI=1S/C33H37N5O3S/c1-25-24-36(19-20-37(25)32(40)27-14-11-17-29(23-27)41-2)31(39)18-9-10-21-42-33-35-34-30(22-26-12-5-3-6-13-26)38(33)28-15-7-4-8-16-28/h3-8,11-17,23,25H,9-10,18-22,24H2,1-2H3. The number of ether oxygens (including phenoxy) is 1. The second-order valence-corrected chi connectivity index (χ2v) is 11.5. The van der Waals surface area contributed by atoms with E-state index in [9.17, 15) is 9.59 Å². The highest BCUT2D eigenvalue weighted by molar-refractivity contribution is 7.99. The van der Waals surface area contributed by atoms with Crippen LogP contribution in [-0.2, 0) is 11.2 Å². The number of benzene rings is 3. The van der Waals surface area contributed by atoms with E-state index in [0.717, 1.165) is 35.3 Å². The van der Waals surface area contributed by atoms with Gasteiger partial charge in [0, 0.05) is 55.5 Å². The second-order valence-electron chi connectivity index (χ2n) is 10.5. The molecule has 0 N–H and O–H groups in total. The lowest BCUT2D eigenvalue weighted by Gasteiger charge is -2.40. The van der Waals surface area contributed by atoms with Gasteiger partial charge in [-0.1, -0.05) is 66.4 Å². The smallest absolute Gasteiger partial charge is 0.254 e. The third kappa shape index (κ3) is 7.20. The van der Waals surface area contributed by atoms with Gasteiger partial charge in [0.1, 0.15) is 11.6 Å². The van der Waals surface area contributed by atoms with Crippen molar-refractivity contribution >= 4 is 23.6 Å². The van der Waals surface area contributed by atoms with Gasteiger partial charge in [-0.05, 0) is 55.7 Å². The Bertz CT molecular complexity index is 1480. The minimum Gasteiger partial charge on any atom is -0.497 e. The number of methoxy groups -OCH3 is 1. The van der Waals surface area contributed by atoms with Gasteiger partial charge in [0.25, 0.3) is 5.91 Å². The summed E-state index contributed by atoms with van der Waals surface area (Å²) < 4.78 is 7.40. The van der Waals surface area contributed by atoms with Gasteiger partial charge in [0.05, 0.1) is 7.11 Å². The molecular weight excluding hydrogens is 546 g/mol. The molecule has 1 fully saturated rings. The minimum atomic E-state index is -0.0496. The van der Waals surface area contributed by atoms with E-state index in [1.807, 2.05) is 65.3 Å². The highest BCUT2D eigenvalue weighted by atomic mass is 32.2. The maximum absolute atomic E-state index is 13.1. The Morgan fingerprint density at radius 3 is 2.43 bits per heavy atom. The van der Waals surface area contributed by atoms with E-state index in [-0.39, 0.29) is 17.9 Å². The van der Waals surface area contributed by atoms with Crippen LogP contribution in [-0.4, -0.2) is 74.9 Å². The molecule has 0 aliphatic carbocycles. The molecule has 3 aromatic carbocycles. The van der Waals surface area contributed by atoms with Crippen molar-refractivity contribution in [2.24, 2.45) is 0 Å². The molecule has 0 spiro atoms. The molecule has 5 rings (SSSR count). The Morgan fingerprint density at radius 1 is 0.929 bits per heavy atom. The van der Waals surface area contributed by atoms with E-state index in [4.69, 9.17) is 4.74 Å². The van der Waals surface area contributed by atoms with Crippen molar-refractivity contribution in [3.05, 3.63) is 102 Å². The normalized spacial score (nSPS) is 15.0. The Kier molecular flexibility index (Phi) is 9.92. The molecule has 1 atom stereocenters. The van der Waals surface area contributed by atoms with Crippen molar-refractivity contribution in [2.45, 2.75) is 43.8 Å². The van der Waals surface area contributed by atoms with Gasteiger partial charge < -0.3 is 14.5 Å². The highest BCUT2D eigenvalue weighted by Crippen LogP contribution is 2.25. The van der Waals surface area contributed by atoms with Crippen molar-refractivity contribution in [2.75, 3.05) is 32.5 Å². The number of carbonyl (C=O) groups is 2. The summed E-state index contributed by atoms with van der Waals surface area (Å²) in [5.41, 5.74) is 2.84. The quantitative estimate of drug-likeness (QED) is 0.171. The number of hydrogen-bond donors (Lipinski definition) is 0. The Hall–Kier alpha value is -4.11. The van der Waals surface area contributed by atoms with Gasteiger partial charge in [-0.15, -0.1) is 10.2 Å². The summed E-state index contributed by atoms with van der Waals surface area (Å²) in [5.74, 6) is 2.54. The van der Waals surface area contributed by atoms with E-state index >= 15 is 0 Å². The summed E-state index contributed by atoms with van der Waals surface area (Å²) in [7, 11) is 1.59. The lowest BCUT2D eigenvalue weighted by atomic mass is 10.1. The van der Waals surface area contributed by atoms with Crippen LogP contribution >= 0.6 is 11.8 Å². The number of unbranched alkanes of at least 4 members (excludes halogenated alkanes) is 1. The maximum Gasteiger partial charge on any atom is 0.254 e. The van der Waals surface area contributed by atoms with Crippen LogP contribution in [0.5, 0.6) is 5.75 Å². The number of nitrogens with zero attached hydrogens (tertiary/aromatic N) is 5. The fraction of sp³-hybridized carbons (Fsp3) is 0.333. The molecule has 4 aromatic rings. The summed E-state index contributed by atoms with van der Waals surface area (Å²) in [6, 6.07) is 27.7. The summed E-state index contributed by atoms with van der Waals surface area (Å²) in [6.07, 6.45) is 2.91. The van der Waals surface area contributed by atoms with Crippen molar-refractivity contribution < 1.29 is 14.3 Å². The zero-order valence-electron chi connectivity index (χ0n) is 24.2. The number of thioether (sulfide) groups is 1. The molecule has 1 saturated heterocycles. The van der Waals surface area contributed by atoms with Gasteiger partial charge in [-0.3, -0.25) is 14.2 Å². The van der Waals surface area contributed by atoms with Crippen LogP contribution < -0.4 is 4.74 Å². The number of carbonyl (C=O) groups excluding carboxylic acids is 2. The molecular formula is C33H37N5O3S. The largest absolute Gasteiger partial charge is 0.497 e. The lowest BCUT2D eigenvalue weighted by Crippen LogP contribution is -2.55. The van der Waals surface area contributed by atoms with Crippen LogP contribution in [0.25, 0.3) is 5.69 Å². The fourth-order valence-corrected chi connectivity index (χ4v) is 6.20. The van der Waals surface area contributed by atoms with Crippen LogP contribution in [0.2, 0.25) is 0 Å². The zero-order chi connectivity index (χ0) is 29.3. The monoisotopic (exact) mass is 583 g/mol. The van der Waals surface area contributed by atoms with Crippen LogP contribution in [0.1, 0.15) is 47.9 Å². The van der Waals surface area contributed by atoms with Crippen LogP contribution in [0.3, 0.4) is 0 Å². The number of aromatic nitrogens is 3. The Morgan fingerprint density at radius 2 is 1.69 bits per heavy atom. The van der Waals surface area contributed by atoms with Crippen molar-refractivity contribution in [1.82, 2.24) is 24.6 Å². The minimum absolute atomic E-state index is 0.0270. The van der Waals surface area contributed by atoms with Gasteiger partial charge in [0.2, 0.25) is 5.91 Å². The molecule has 2 amide bonds. The molecule has 218 valence electrons. The van der Waals surface area contributed by atoms with Gasteiger partial charge in [0.15, 0.2) is 5.16 Å². The number of hydrogen-bond acceptors (Lipinski definition) is 6. The number of rotatable bonds is 11. The lowest BCUT2D eigenvalue weighted by molar-refractivity contribution is -0.133. The van der Waals surface area contributed by atoms with E-state index in [1.54, 1.807) is 31.0 Å². The van der Waals surface area contributed by atoms with Crippen molar-refractivity contribution in [3.8, 4) is 11.4 Å². The molecule has 1 aliphatic heterocycles. The molecule has 1 unspecified atom stereocenters. The topological polar surface area (TPSA) is 80.6 Å². The predicted molar refractivity (Wildman–Crippen MR) is 165 cm³/mol. The zero-order valence-corrected chi connectivity index (χ0v) is 25.0. The first-order chi connectivity index (χ1) is 20.5. The highest BCUT2D eigenvalue weighted by Gasteiger charge is 2.30. The summed E-state index contributed by atoms with van der Waals surface area (Å²) in [4.78, 5) is 29.8. The van der Waals surface area contributed by atoms with Crippen molar-refractivity contribution in [3.63, 3.8) is 0 Å². The summed E-state index contributed by atoms with van der Waals surface area (Å²) in [5, 5.41) is 9.91. The van der Waals surface area contributed by atoms with E-state index < -0.39 is 0 Å². The van der Waals surface area contributed by atoms with Crippen LogP contribution in [0, 0.1) is 0 Å². The molecule has 1 aliphatic rings. The Balaban J connectivity index is 1.10. The third-order valence-corrected chi connectivity index (χ3v) is 8.51. The van der Waals surface area contributed by atoms with Crippen LogP contribution in [0.15, 0.2) is 90.1 Å². The molecule has 1 aromatic heterocycles. The number of piperazine rings is 1. The van der Waals surface area contributed by atoms with Gasteiger partial charge >= 0.3 is 0 Å². The SMILES string of the molecule is COc1cccc(C(=O)N2CCN(C(=O)CCCCSc3nnc(Cc4ccccc4)n3-c3ccccc3)CC2C)c1. The van der Waals surface area contributed by atoms with Crippen molar-refractivity contribution in [1.29, 1.82) is 0 Å². The van der Waals surface area contributed by atoms with E-state index in [2.05, 4.69) is 39.0 Å². The average molecular weight is 584 g/mol. The molecule has 9 heteroatoms. The first kappa shape index (κ1) is 29.4. The molecule has 8 nitrogen and oxygen atoms in total. The first-order valence-corrected chi connectivity index (χ1v) is 15.4. The summed E-state index contributed by atoms with van der Waals surface area (Å²) in [6.45, 7) is 3.63. The van der Waals surface area contributed by atoms with Gasteiger partial charge in [-0.2, -0.15) is 0 Å². The number of para-hydroxylation sites is 1. The molecule has 0 saturated carbocycles. The molecule has 2 heterocycles. The first-order valence-electron chi connectivity index (χ1n) is 14.4. The number of amides is 2. The fourth-order valence-electron chi connectivity index (χ4n) is 5.23. The predicted octanol–water partition coefficient (Wildman–Crippen LogP) is 5.50. The molecule has 0 radical (unpaired) electrons. The third-order valence-electron chi connectivity index (χ3n) is 7.49. The van der Waals surface area contributed by atoms with E-state index in [0.29, 0.717) is 43.8 Å². The maximum atomic E-state index is 13.1. The van der Waals surface area contributed by atoms with E-state index in [1.165, 1.54) is 5.56 Å². The second kappa shape index (κ2) is 14.2. The molecule has 42 heavy (non-hydrogen) atoms.